The Kier molecular flexibility index (Phi) is 2.39. The molecule has 0 unspecified atom stereocenters. The number of fused-ring (bicyclic) bond motifs is 10. The number of para-hydroxylation sites is 1. The molecule has 2 N–H and O–H groups in total. The number of aryl methyl sites for hydroxylation is 1. The van der Waals surface area contributed by atoms with Gasteiger partial charge in [0.2, 0.25) is 0 Å². The quantitative estimate of drug-likeness (QED) is 0.497. The summed E-state index contributed by atoms with van der Waals surface area (Å²) >= 11 is 0. The molecule has 3 aromatic carbocycles. The minimum atomic E-state index is 0.0615. The molecular weight excluding hydrogens is 308 g/mol. The topological polar surface area (TPSA) is 44.9 Å². The summed E-state index contributed by atoms with van der Waals surface area (Å²) in [5.74, 6) is 0.0615. The second-order valence-corrected chi connectivity index (χ2v) is 6.97. The first-order chi connectivity index (χ1) is 12.3. The molecule has 0 spiro atoms. The predicted molar refractivity (Wildman–Crippen MR) is 99.8 cm³/mol. The molecule has 1 aromatic heterocycles. The maximum absolute atomic E-state index is 12.6. The lowest BCUT2D eigenvalue weighted by Crippen LogP contribution is -2.12. The first-order valence-electron chi connectivity index (χ1n) is 8.77. The normalized spacial score (nSPS) is 15.1. The number of rotatable bonds is 0. The molecule has 6 rings (SSSR count). The standard InChI is InChI=1S/C22H16N2O/c25-22-20-16(11-23-22)14-10-9-12-5-1-2-6-13(12)18(14)21-19(20)15-7-3-4-8-17(15)24-21/h1-8,24H,9-11H2,(H,23,25). The fourth-order valence-corrected chi connectivity index (χ4v) is 4.71. The van der Waals surface area contributed by atoms with Crippen LogP contribution in [0.15, 0.2) is 48.5 Å². The highest BCUT2D eigenvalue weighted by atomic mass is 16.1. The Bertz CT molecular complexity index is 1220. The molecule has 0 radical (unpaired) electrons. The van der Waals surface area contributed by atoms with Crippen molar-refractivity contribution in [2.75, 3.05) is 0 Å². The van der Waals surface area contributed by atoms with Gasteiger partial charge >= 0.3 is 0 Å². The van der Waals surface area contributed by atoms with Crippen molar-refractivity contribution in [3.05, 3.63) is 70.8 Å². The van der Waals surface area contributed by atoms with E-state index in [0.717, 1.165) is 40.2 Å². The van der Waals surface area contributed by atoms with E-state index in [0.29, 0.717) is 6.54 Å². The molecule has 1 aliphatic heterocycles. The molecule has 3 heteroatoms. The molecule has 0 bridgehead atoms. The van der Waals surface area contributed by atoms with Crippen molar-refractivity contribution < 1.29 is 4.79 Å². The van der Waals surface area contributed by atoms with Gasteiger partial charge in [0, 0.05) is 28.4 Å². The van der Waals surface area contributed by atoms with Gasteiger partial charge in [-0.3, -0.25) is 4.79 Å². The highest BCUT2D eigenvalue weighted by Crippen LogP contribution is 2.45. The average molecular weight is 324 g/mol. The summed E-state index contributed by atoms with van der Waals surface area (Å²) in [5.41, 5.74) is 9.62. The number of aromatic amines is 1. The van der Waals surface area contributed by atoms with Crippen LogP contribution in [-0.2, 0) is 19.4 Å². The van der Waals surface area contributed by atoms with Gasteiger partial charge in [0.25, 0.3) is 5.91 Å². The van der Waals surface area contributed by atoms with Crippen LogP contribution in [0.25, 0.3) is 32.9 Å². The van der Waals surface area contributed by atoms with Gasteiger partial charge in [-0.05, 0) is 41.2 Å². The Morgan fingerprint density at radius 3 is 2.64 bits per heavy atom. The largest absolute Gasteiger partial charge is 0.354 e. The fraction of sp³-hybridized carbons (Fsp3) is 0.136. The maximum Gasteiger partial charge on any atom is 0.252 e. The maximum atomic E-state index is 12.6. The number of hydrogen-bond acceptors (Lipinski definition) is 1. The van der Waals surface area contributed by atoms with Crippen LogP contribution in [0.3, 0.4) is 0 Å². The Labute approximate surface area is 144 Å². The first-order valence-corrected chi connectivity index (χ1v) is 8.77. The van der Waals surface area contributed by atoms with E-state index in [2.05, 4.69) is 46.7 Å². The minimum Gasteiger partial charge on any atom is -0.354 e. The monoisotopic (exact) mass is 324 g/mol. The summed E-state index contributed by atoms with van der Waals surface area (Å²) in [5, 5.41) is 5.27. The number of amides is 1. The van der Waals surface area contributed by atoms with Crippen molar-refractivity contribution in [3.63, 3.8) is 0 Å². The van der Waals surface area contributed by atoms with E-state index in [1.165, 1.54) is 27.8 Å². The molecule has 0 atom stereocenters. The molecule has 3 nitrogen and oxygen atoms in total. The highest BCUT2D eigenvalue weighted by molar-refractivity contribution is 6.23. The van der Waals surface area contributed by atoms with Gasteiger partial charge in [-0.15, -0.1) is 0 Å². The zero-order valence-electron chi connectivity index (χ0n) is 13.6. The molecule has 25 heavy (non-hydrogen) atoms. The molecule has 2 heterocycles. The van der Waals surface area contributed by atoms with Crippen molar-refractivity contribution in [2.24, 2.45) is 0 Å². The summed E-state index contributed by atoms with van der Waals surface area (Å²) in [7, 11) is 0. The summed E-state index contributed by atoms with van der Waals surface area (Å²) in [6.45, 7) is 0.647. The van der Waals surface area contributed by atoms with Crippen LogP contribution in [0.4, 0.5) is 0 Å². The molecule has 1 aliphatic carbocycles. The molecule has 1 amide bonds. The average Bonchev–Trinajstić information content (AvgIpc) is 3.22. The third-order valence-corrected chi connectivity index (χ3v) is 5.76. The van der Waals surface area contributed by atoms with Gasteiger partial charge in [0.15, 0.2) is 0 Å². The van der Waals surface area contributed by atoms with E-state index in [1.807, 2.05) is 12.1 Å². The summed E-state index contributed by atoms with van der Waals surface area (Å²) in [6, 6.07) is 17.0. The first kappa shape index (κ1) is 13.2. The van der Waals surface area contributed by atoms with Crippen molar-refractivity contribution in [2.45, 2.75) is 19.4 Å². The number of H-pyrrole nitrogens is 1. The van der Waals surface area contributed by atoms with E-state index < -0.39 is 0 Å². The van der Waals surface area contributed by atoms with Crippen molar-refractivity contribution >= 4 is 27.7 Å². The lowest BCUT2D eigenvalue weighted by atomic mass is 9.80. The van der Waals surface area contributed by atoms with E-state index in [-0.39, 0.29) is 5.91 Å². The van der Waals surface area contributed by atoms with Crippen molar-refractivity contribution in [1.82, 2.24) is 10.3 Å². The number of benzene rings is 3. The Balaban J connectivity index is 1.89. The fourth-order valence-electron chi connectivity index (χ4n) is 4.71. The Hall–Kier alpha value is -3.07. The summed E-state index contributed by atoms with van der Waals surface area (Å²) < 4.78 is 0. The van der Waals surface area contributed by atoms with Gasteiger partial charge in [-0.25, -0.2) is 0 Å². The van der Waals surface area contributed by atoms with Crippen LogP contribution in [0, 0.1) is 0 Å². The van der Waals surface area contributed by atoms with Gasteiger partial charge in [-0.1, -0.05) is 42.5 Å². The lowest BCUT2D eigenvalue weighted by molar-refractivity contribution is 0.0967. The number of nitrogens with one attached hydrogen (secondary N) is 2. The van der Waals surface area contributed by atoms with E-state index in [4.69, 9.17) is 0 Å². The SMILES string of the molecule is O=C1NCc2c3c(c4[nH]c5ccccc5c4c21)-c1ccccc1CC3. The molecule has 0 saturated heterocycles. The Morgan fingerprint density at radius 2 is 1.68 bits per heavy atom. The van der Waals surface area contributed by atoms with Gasteiger partial charge < -0.3 is 10.3 Å². The zero-order chi connectivity index (χ0) is 16.5. The van der Waals surface area contributed by atoms with E-state index >= 15 is 0 Å². The van der Waals surface area contributed by atoms with Crippen LogP contribution in [0.2, 0.25) is 0 Å². The minimum absolute atomic E-state index is 0.0615. The molecule has 0 saturated carbocycles. The molecule has 0 fully saturated rings. The number of carbonyl (C=O) groups is 1. The number of hydrogen-bond donors (Lipinski definition) is 2. The number of aromatic nitrogens is 1. The van der Waals surface area contributed by atoms with Crippen LogP contribution in [-0.4, -0.2) is 10.9 Å². The second kappa shape index (κ2) is 4.51. The van der Waals surface area contributed by atoms with Crippen molar-refractivity contribution in [3.8, 4) is 11.1 Å². The lowest BCUT2D eigenvalue weighted by Gasteiger charge is -2.23. The number of carbonyl (C=O) groups excluding carboxylic acids is 1. The molecule has 4 aromatic rings. The molecular formula is C22H16N2O. The predicted octanol–water partition coefficient (Wildman–Crippen LogP) is 4.33. The van der Waals surface area contributed by atoms with Crippen LogP contribution in [0.1, 0.15) is 27.0 Å². The third-order valence-electron chi connectivity index (χ3n) is 5.76. The van der Waals surface area contributed by atoms with Crippen LogP contribution in [0.5, 0.6) is 0 Å². The highest BCUT2D eigenvalue weighted by Gasteiger charge is 2.32. The summed E-state index contributed by atoms with van der Waals surface area (Å²) in [4.78, 5) is 16.2. The smallest absolute Gasteiger partial charge is 0.252 e. The van der Waals surface area contributed by atoms with E-state index in [9.17, 15) is 4.79 Å². The van der Waals surface area contributed by atoms with Gasteiger partial charge in [-0.2, -0.15) is 0 Å². The molecule has 120 valence electrons. The van der Waals surface area contributed by atoms with E-state index in [1.54, 1.807) is 0 Å². The van der Waals surface area contributed by atoms with Crippen LogP contribution < -0.4 is 5.32 Å². The van der Waals surface area contributed by atoms with Crippen molar-refractivity contribution in [1.29, 1.82) is 0 Å². The van der Waals surface area contributed by atoms with Crippen LogP contribution >= 0.6 is 0 Å². The summed E-state index contributed by atoms with van der Waals surface area (Å²) in [6.07, 6.45) is 2.03. The second-order valence-electron chi connectivity index (χ2n) is 6.97. The zero-order valence-corrected chi connectivity index (χ0v) is 13.6. The Morgan fingerprint density at radius 1 is 0.840 bits per heavy atom. The third kappa shape index (κ3) is 1.58. The van der Waals surface area contributed by atoms with Gasteiger partial charge in [0.1, 0.15) is 0 Å². The van der Waals surface area contributed by atoms with Gasteiger partial charge in [0.05, 0.1) is 11.1 Å². The molecule has 2 aliphatic rings.